The van der Waals surface area contributed by atoms with Gasteiger partial charge in [0.15, 0.2) is 5.43 Å². The lowest BCUT2D eigenvalue weighted by Gasteiger charge is -2.00. The Kier molecular flexibility index (Phi) is 3.05. The Morgan fingerprint density at radius 3 is 2.94 bits per heavy atom. The molecule has 0 saturated carbocycles. The minimum atomic E-state index is -0.880. The number of hydrogen-bond donors (Lipinski definition) is 2. The Morgan fingerprint density at radius 1 is 1.35 bits per heavy atom. The van der Waals surface area contributed by atoms with Gasteiger partial charge in [0.2, 0.25) is 0 Å². The van der Waals surface area contributed by atoms with Crippen molar-refractivity contribution in [3.63, 3.8) is 0 Å². The van der Waals surface area contributed by atoms with E-state index in [1.54, 1.807) is 30.5 Å². The number of carboxylic acids is 1. The minimum absolute atomic E-state index is 0.0343. The van der Waals surface area contributed by atoms with Crippen LogP contribution in [-0.2, 0) is 4.79 Å². The van der Waals surface area contributed by atoms with Crippen LogP contribution in [0, 0.1) is 0 Å². The molecule has 0 unspecified atom stereocenters. The van der Waals surface area contributed by atoms with Gasteiger partial charge in [0.05, 0.1) is 11.9 Å². The molecule has 17 heavy (non-hydrogen) atoms. The predicted octanol–water partition coefficient (Wildman–Crippen LogP) is 2.02. The Morgan fingerprint density at radius 2 is 2.18 bits per heavy atom. The van der Waals surface area contributed by atoms with Crippen LogP contribution in [0.5, 0.6) is 0 Å². The Labute approximate surface area is 97.2 Å². The fraction of sp³-hybridized carbons (Fsp3) is 0.0769. The summed E-state index contributed by atoms with van der Waals surface area (Å²) in [5.41, 5.74) is 1.48. The molecule has 0 aliphatic rings. The molecule has 0 bridgehead atoms. The van der Waals surface area contributed by atoms with Crippen molar-refractivity contribution in [3.05, 3.63) is 52.3 Å². The van der Waals surface area contributed by atoms with E-state index in [2.05, 4.69) is 4.98 Å². The highest BCUT2D eigenvalue weighted by atomic mass is 16.4. The van der Waals surface area contributed by atoms with Crippen LogP contribution in [0.4, 0.5) is 0 Å². The number of aromatic nitrogens is 1. The molecule has 0 fully saturated rings. The van der Waals surface area contributed by atoms with Gasteiger partial charge in [0, 0.05) is 17.6 Å². The van der Waals surface area contributed by atoms with Crippen LogP contribution in [0.2, 0.25) is 0 Å². The standard InChI is InChI=1S/C13H11NO3/c15-11-7-8-14-13-9(3-1-5-10(11)13)4-2-6-12(16)17/h1-5,7-8H,6H2,(H,14,15)(H,16,17). The van der Waals surface area contributed by atoms with E-state index >= 15 is 0 Å². The van der Waals surface area contributed by atoms with Gasteiger partial charge in [-0.15, -0.1) is 0 Å². The van der Waals surface area contributed by atoms with Gasteiger partial charge in [-0.25, -0.2) is 0 Å². The predicted molar refractivity (Wildman–Crippen MR) is 65.9 cm³/mol. The van der Waals surface area contributed by atoms with Crippen LogP contribution in [0.15, 0.2) is 41.3 Å². The highest BCUT2D eigenvalue weighted by Gasteiger charge is 2.00. The summed E-state index contributed by atoms with van der Waals surface area (Å²) in [6, 6.07) is 6.81. The number of fused-ring (bicyclic) bond motifs is 1. The number of carboxylic acid groups (broad SMARTS) is 1. The van der Waals surface area contributed by atoms with Crippen molar-refractivity contribution < 1.29 is 9.90 Å². The largest absolute Gasteiger partial charge is 0.481 e. The molecule has 86 valence electrons. The molecule has 0 amide bonds. The first-order valence-electron chi connectivity index (χ1n) is 5.17. The summed E-state index contributed by atoms with van der Waals surface area (Å²) in [7, 11) is 0. The third-order valence-corrected chi connectivity index (χ3v) is 2.41. The average Bonchev–Trinajstić information content (AvgIpc) is 2.30. The number of hydrogen-bond acceptors (Lipinski definition) is 2. The van der Waals surface area contributed by atoms with E-state index in [0.29, 0.717) is 5.39 Å². The number of carbonyl (C=O) groups is 1. The summed E-state index contributed by atoms with van der Waals surface area (Å²) < 4.78 is 0. The third-order valence-electron chi connectivity index (χ3n) is 2.41. The second-order valence-electron chi connectivity index (χ2n) is 3.61. The summed E-state index contributed by atoms with van der Waals surface area (Å²) in [5, 5.41) is 9.14. The number of aromatic amines is 1. The van der Waals surface area contributed by atoms with Crippen molar-refractivity contribution in [2.75, 3.05) is 0 Å². The van der Waals surface area contributed by atoms with Gasteiger partial charge in [-0.2, -0.15) is 0 Å². The molecule has 0 radical (unpaired) electrons. The van der Waals surface area contributed by atoms with E-state index in [-0.39, 0.29) is 11.8 Å². The first-order chi connectivity index (χ1) is 8.18. The third kappa shape index (κ3) is 2.42. The highest BCUT2D eigenvalue weighted by Crippen LogP contribution is 2.14. The van der Waals surface area contributed by atoms with E-state index in [9.17, 15) is 9.59 Å². The summed E-state index contributed by atoms with van der Waals surface area (Å²) >= 11 is 0. The second-order valence-corrected chi connectivity index (χ2v) is 3.61. The van der Waals surface area contributed by atoms with Crippen LogP contribution in [0.25, 0.3) is 17.0 Å². The van der Waals surface area contributed by atoms with E-state index in [1.165, 1.54) is 6.07 Å². The van der Waals surface area contributed by atoms with Gasteiger partial charge in [-0.3, -0.25) is 9.59 Å². The minimum Gasteiger partial charge on any atom is -0.481 e. The van der Waals surface area contributed by atoms with Crippen LogP contribution >= 0.6 is 0 Å². The lowest BCUT2D eigenvalue weighted by atomic mass is 10.1. The van der Waals surface area contributed by atoms with E-state index < -0.39 is 5.97 Å². The zero-order valence-electron chi connectivity index (χ0n) is 9.01. The lowest BCUT2D eigenvalue weighted by Crippen LogP contribution is -2.00. The zero-order chi connectivity index (χ0) is 12.3. The van der Waals surface area contributed by atoms with Gasteiger partial charge in [0.1, 0.15) is 0 Å². The quantitative estimate of drug-likeness (QED) is 0.845. The molecule has 4 nitrogen and oxygen atoms in total. The Hall–Kier alpha value is -2.36. The number of para-hydroxylation sites is 1. The number of H-pyrrole nitrogens is 1. The molecule has 0 saturated heterocycles. The second kappa shape index (κ2) is 4.65. The van der Waals surface area contributed by atoms with Gasteiger partial charge in [-0.1, -0.05) is 24.3 Å². The number of aliphatic carboxylic acids is 1. The molecular weight excluding hydrogens is 218 g/mol. The molecule has 0 aliphatic heterocycles. The van der Waals surface area contributed by atoms with Crippen molar-refractivity contribution in [1.82, 2.24) is 4.98 Å². The fourth-order valence-electron chi connectivity index (χ4n) is 1.65. The summed E-state index contributed by atoms with van der Waals surface area (Å²) in [5.74, 6) is -0.880. The summed E-state index contributed by atoms with van der Waals surface area (Å²) in [4.78, 5) is 25.0. The maximum atomic E-state index is 11.6. The fourth-order valence-corrected chi connectivity index (χ4v) is 1.65. The van der Waals surface area contributed by atoms with Crippen molar-refractivity contribution in [1.29, 1.82) is 0 Å². The molecule has 2 aromatic rings. The molecule has 0 spiro atoms. The Balaban J connectivity index is 2.48. The Bertz CT molecular complexity index is 640. The molecule has 2 rings (SSSR count). The summed E-state index contributed by atoms with van der Waals surface area (Å²) in [6.45, 7) is 0. The lowest BCUT2D eigenvalue weighted by molar-refractivity contribution is -0.135. The summed E-state index contributed by atoms with van der Waals surface area (Å²) in [6.07, 6.45) is 4.81. The topological polar surface area (TPSA) is 70.2 Å². The van der Waals surface area contributed by atoms with E-state index in [4.69, 9.17) is 5.11 Å². The number of rotatable bonds is 3. The molecular formula is C13H11NO3. The number of nitrogens with one attached hydrogen (secondary N) is 1. The molecule has 2 N–H and O–H groups in total. The van der Waals surface area contributed by atoms with E-state index in [1.807, 2.05) is 6.07 Å². The monoisotopic (exact) mass is 229 g/mol. The SMILES string of the molecule is O=C(O)CC=Cc1cccc2c(=O)cc[nH]c12. The van der Waals surface area contributed by atoms with Crippen LogP contribution < -0.4 is 5.43 Å². The first-order valence-corrected chi connectivity index (χ1v) is 5.17. The van der Waals surface area contributed by atoms with Crippen molar-refractivity contribution in [3.8, 4) is 0 Å². The first kappa shape index (κ1) is 11.1. The molecule has 1 aromatic carbocycles. The number of benzene rings is 1. The molecule has 1 heterocycles. The van der Waals surface area contributed by atoms with Crippen LogP contribution in [-0.4, -0.2) is 16.1 Å². The maximum absolute atomic E-state index is 11.6. The molecule has 0 atom stereocenters. The molecule has 1 aromatic heterocycles. The van der Waals surface area contributed by atoms with Crippen molar-refractivity contribution in [2.45, 2.75) is 6.42 Å². The van der Waals surface area contributed by atoms with Crippen LogP contribution in [0.1, 0.15) is 12.0 Å². The van der Waals surface area contributed by atoms with Gasteiger partial charge >= 0.3 is 5.97 Å². The highest BCUT2D eigenvalue weighted by molar-refractivity contribution is 5.87. The molecule has 0 aliphatic carbocycles. The number of pyridine rings is 1. The van der Waals surface area contributed by atoms with Gasteiger partial charge in [-0.05, 0) is 11.6 Å². The average molecular weight is 229 g/mol. The van der Waals surface area contributed by atoms with Crippen molar-refractivity contribution >= 4 is 22.9 Å². The zero-order valence-corrected chi connectivity index (χ0v) is 9.01. The van der Waals surface area contributed by atoms with Gasteiger partial charge < -0.3 is 10.1 Å². The van der Waals surface area contributed by atoms with Crippen LogP contribution in [0.3, 0.4) is 0 Å². The normalized spacial score (nSPS) is 11.1. The molecule has 4 heteroatoms. The maximum Gasteiger partial charge on any atom is 0.307 e. The smallest absolute Gasteiger partial charge is 0.307 e. The van der Waals surface area contributed by atoms with E-state index in [0.717, 1.165) is 11.1 Å². The van der Waals surface area contributed by atoms with Gasteiger partial charge in [0.25, 0.3) is 0 Å². The van der Waals surface area contributed by atoms with Crippen molar-refractivity contribution in [2.24, 2.45) is 0 Å².